The Morgan fingerprint density at radius 1 is 1.23 bits per heavy atom. The number of carboxylic acids is 1. The van der Waals surface area contributed by atoms with E-state index in [1.165, 1.54) is 17.4 Å². The molecule has 208 valence electrons. The van der Waals surface area contributed by atoms with Gasteiger partial charge in [0.05, 0.1) is 32.5 Å². The minimum absolute atomic E-state index is 0.0431. The van der Waals surface area contributed by atoms with Crippen molar-refractivity contribution in [3.8, 4) is 11.3 Å². The Kier molecular flexibility index (Phi) is 6.29. The highest BCUT2D eigenvalue weighted by Gasteiger charge is 2.50. The van der Waals surface area contributed by atoms with Gasteiger partial charge in [0.15, 0.2) is 5.82 Å². The van der Waals surface area contributed by atoms with Gasteiger partial charge in [0.1, 0.15) is 17.0 Å². The van der Waals surface area contributed by atoms with Gasteiger partial charge >= 0.3 is 5.97 Å². The van der Waals surface area contributed by atoms with Crippen LogP contribution in [0.25, 0.3) is 21.5 Å². The maximum atomic E-state index is 14.7. The number of rotatable bonds is 7. The first kappa shape index (κ1) is 26.1. The maximum absolute atomic E-state index is 14.7. The largest absolute Gasteiger partial charge is 0.478 e. The number of halogens is 2. The van der Waals surface area contributed by atoms with Crippen LogP contribution >= 0.6 is 22.9 Å². The molecule has 6 nitrogen and oxygen atoms in total. The highest BCUT2D eigenvalue weighted by molar-refractivity contribution is 7.18. The number of thiazole rings is 1. The number of hydrogen-bond donors (Lipinski definition) is 1. The average Bonchev–Trinajstić information content (AvgIpc) is 3.41. The van der Waals surface area contributed by atoms with Crippen molar-refractivity contribution in [2.24, 2.45) is 11.8 Å². The summed E-state index contributed by atoms with van der Waals surface area (Å²) in [5, 5.41) is 15.4. The number of hydrogen-bond acceptors (Lipinski definition) is 6. The summed E-state index contributed by atoms with van der Waals surface area (Å²) < 4.78 is 28.0. The second-order valence-corrected chi connectivity index (χ2v) is 13.5. The number of nitrogens with zero attached hydrogens (tertiary/aromatic N) is 2. The van der Waals surface area contributed by atoms with E-state index in [0.717, 1.165) is 77.7 Å². The zero-order valence-electron chi connectivity index (χ0n) is 22.4. The Morgan fingerprint density at radius 2 is 1.98 bits per heavy atom. The van der Waals surface area contributed by atoms with Gasteiger partial charge < -0.3 is 14.4 Å². The van der Waals surface area contributed by atoms with Crippen LogP contribution in [0.2, 0.25) is 5.02 Å². The average molecular weight is 581 g/mol. The number of carboxylic acid groups (broad SMARTS) is 1. The second-order valence-electron chi connectivity index (χ2n) is 12.0. The van der Waals surface area contributed by atoms with E-state index in [4.69, 9.17) is 20.9 Å². The number of fused-ring (bicyclic) bond motifs is 3. The highest BCUT2D eigenvalue weighted by Crippen LogP contribution is 2.57. The summed E-state index contributed by atoms with van der Waals surface area (Å²) in [5.74, 6) is 0.602. The van der Waals surface area contributed by atoms with Crippen LogP contribution in [0, 0.1) is 24.6 Å². The molecule has 1 unspecified atom stereocenters. The Hall–Kier alpha value is -2.81. The smallest absolute Gasteiger partial charge is 0.335 e. The lowest BCUT2D eigenvalue weighted by Gasteiger charge is -2.41. The standard InChI is InChI=1S/C31H30ClFN2O4S/c1-15-4-3-5-21(32)24(15)26-20(28(39-35-26)16-6-7-16)14-38-31(2)12-17-8-9-18(13-31)25(17)29-34-27-22(33)10-19(30(36)37)11-23(27)40-29/h3-5,10-11,16-18,25H,6-9,12-14H2,1-2H3,(H,36,37)/t17-,18+,25-,31?. The van der Waals surface area contributed by atoms with Crippen molar-refractivity contribution < 1.29 is 23.6 Å². The molecular weight excluding hydrogens is 551 g/mol. The molecule has 0 spiro atoms. The lowest BCUT2D eigenvalue weighted by Crippen LogP contribution is -2.39. The molecule has 2 aromatic heterocycles. The number of aryl methyl sites for hydroxylation is 1. The second kappa shape index (κ2) is 9.64. The molecule has 3 fully saturated rings. The predicted octanol–water partition coefficient (Wildman–Crippen LogP) is 8.51. The molecule has 3 saturated carbocycles. The van der Waals surface area contributed by atoms with Crippen molar-refractivity contribution in [2.45, 2.75) is 76.4 Å². The van der Waals surface area contributed by atoms with Crippen molar-refractivity contribution in [3.63, 3.8) is 0 Å². The topological polar surface area (TPSA) is 85.5 Å². The number of carbonyl (C=O) groups is 1. The fourth-order valence-electron chi connectivity index (χ4n) is 7.12. The molecule has 0 saturated heterocycles. The van der Waals surface area contributed by atoms with Crippen molar-refractivity contribution >= 4 is 39.1 Å². The van der Waals surface area contributed by atoms with Crippen LogP contribution in [0.5, 0.6) is 0 Å². The summed E-state index contributed by atoms with van der Waals surface area (Å²) in [6.07, 6.45) is 6.14. The third-order valence-electron chi connectivity index (χ3n) is 9.10. The molecule has 3 aliphatic carbocycles. The molecule has 2 heterocycles. The quantitative estimate of drug-likeness (QED) is 0.236. The number of aromatic nitrogens is 2. The van der Waals surface area contributed by atoms with Gasteiger partial charge in [0.2, 0.25) is 0 Å². The van der Waals surface area contributed by atoms with Gasteiger partial charge in [-0.15, -0.1) is 11.3 Å². The molecule has 40 heavy (non-hydrogen) atoms. The Morgan fingerprint density at radius 3 is 2.65 bits per heavy atom. The zero-order chi connectivity index (χ0) is 27.8. The monoisotopic (exact) mass is 580 g/mol. The van der Waals surface area contributed by atoms with Crippen molar-refractivity contribution in [2.75, 3.05) is 0 Å². The van der Waals surface area contributed by atoms with Crippen molar-refractivity contribution in [3.05, 3.63) is 68.6 Å². The van der Waals surface area contributed by atoms with E-state index in [1.807, 2.05) is 25.1 Å². The van der Waals surface area contributed by atoms with E-state index < -0.39 is 11.8 Å². The summed E-state index contributed by atoms with van der Waals surface area (Å²) in [6, 6.07) is 8.46. The number of benzene rings is 2. The van der Waals surface area contributed by atoms with Gasteiger partial charge in [-0.05, 0) is 88.0 Å². The molecule has 1 N–H and O–H groups in total. The first-order valence-corrected chi connectivity index (χ1v) is 15.1. The number of ether oxygens (including phenoxy) is 1. The molecule has 2 aromatic carbocycles. The maximum Gasteiger partial charge on any atom is 0.335 e. The molecule has 2 bridgehead atoms. The van der Waals surface area contributed by atoms with Crippen LogP contribution in [-0.4, -0.2) is 26.8 Å². The van der Waals surface area contributed by atoms with Crippen LogP contribution in [0.1, 0.15) is 89.5 Å². The van der Waals surface area contributed by atoms with Crippen LogP contribution in [0.15, 0.2) is 34.9 Å². The lowest BCUT2D eigenvalue weighted by molar-refractivity contribution is -0.0875. The van der Waals surface area contributed by atoms with Gasteiger partial charge in [-0.2, -0.15) is 0 Å². The fraction of sp³-hybridized carbons (Fsp3) is 0.452. The van der Waals surface area contributed by atoms with Gasteiger partial charge in [-0.25, -0.2) is 14.2 Å². The van der Waals surface area contributed by atoms with Gasteiger partial charge in [-0.1, -0.05) is 28.9 Å². The van der Waals surface area contributed by atoms with E-state index in [0.29, 0.717) is 34.1 Å². The van der Waals surface area contributed by atoms with Crippen molar-refractivity contribution in [1.82, 2.24) is 10.1 Å². The molecule has 3 aliphatic rings. The predicted molar refractivity (Wildman–Crippen MR) is 152 cm³/mol. The first-order chi connectivity index (χ1) is 19.2. The molecule has 0 aliphatic heterocycles. The van der Waals surface area contributed by atoms with Crippen LogP contribution in [0.4, 0.5) is 4.39 Å². The molecule has 4 atom stereocenters. The third kappa shape index (κ3) is 4.45. The highest BCUT2D eigenvalue weighted by atomic mass is 35.5. The van der Waals surface area contributed by atoms with E-state index in [1.54, 1.807) is 0 Å². The summed E-state index contributed by atoms with van der Waals surface area (Å²) in [5.41, 5.74) is 3.66. The van der Waals surface area contributed by atoms with Crippen LogP contribution in [-0.2, 0) is 11.3 Å². The lowest BCUT2D eigenvalue weighted by atomic mass is 9.71. The van der Waals surface area contributed by atoms with E-state index >= 15 is 0 Å². The normalized spacial score (nSPS) is 26.1. The summed E-state index contributed by atoms with van der Waals surface area (Å²) in [6.45, 7) is 4.66. The minimum atomic E-state index is -1.13. The summed E-state index contributed by atoms with van der Waals surface area (Å²) in [4.78, 5) is 16.1. The molecule has 7 rings (SSSR count). The fourth-order valence-corrected chi connectivity index (χ4v) is 8.74. The molecule has 9 heteroatoms. The Bertz CT molecular complexity index is 1610. The van der Waals surface area contributed by atoms with Crippen LogP contribution < -0.4 is 0 Å². The van der Waals surface area contributed by atoms with E-state index in [2.05, 4.69) is 17.1 Å². The molecule has 0 amide bonds. The van der Waals surface area contributed by atoms with Gasteiger partial charge in [0, 0.05) is 23.0 Å². The van der Waals surface area contributed by atoms with E-state index in [-0.39, 0.29) is 22.6 Å². The molecule has 0 radical (unpaired) electrons. The summed E-state index contributed by atoms with van der Waals surface area (Å²) >= 11 is 8.06. The van der Waals surface area contributed by atoms with E-state index in [9.17, 15) is 14.3 Å². The summed E-state index contributed by atoms with van der Waals surface area (Å²) in [7, 11) is 0. The third-order valence-corrected chi connectivity index (χ3v) is 10.5. The minimum Gasteiger partial charge on any atom is -0.478 e. The molecule has 4 aromatic rings. The Labute approximate surface area is 240 Å². The molecular formula is C31H30ClFN2O4S. The SMILES string of the molecule is Cc1cccc(Cl)c1-c1noc(C2CC2)c1COC1(C)C[C@H]2CC[C@@H](C1)[C@@H]2c1nc2c(F)cc(C(=O)O)cc2s1. The van der Waals surface area contributed by atoms with Crippen molar-refractivity contribution in [1.29, 1.82) is 0 Å². The number of aromatic carboxylic acids is 1. The Balaban J connectivity index is 1.14. The zero-order valence-corrected chi connectivity index (χ0v) is 23.9. The van der Waals surface area contributed by atoms with Gasteiger partial charge in [0.25, 0.3) is 0 Å². The van der Waals surface area contributed by atoms with Gasteiger partial charge in [-0.3, -0.25) is 0 Å². The first-order valence-electron chi connectivity index (χ1n) is 13.9. The van der Waals surface area contributed by atoms with Crippen LogP contribution in [0.3, 0.4) is 0 Å².